The standard InChI is InChI=1S/C16H22N2O2/c1-10-7-11(5-6-15(10)19)16(20)18-8-12-3-2-4-14(17)13(12)9-18/h5-7,12-14,19H,2-4,8-9,17H2,1H3. The number of aryl methyl sites for hydroxylation is 1. The third kappa shape index (κ3) is 2.29. The van der Waals surface area contributed by atoms with E-state index in [4.69, 9.17) is 5.73 Å². The molecule has 108 valence electrons. The van der Waals surface area contributed by atoms with Crippen LogP contribution in [0.15, 0.2) is 18.2 Å². The zero-order valence-corrected chi connectivity index (χ0v) is 11.9. The molecule has 20 heavy (non-hydrogen) atoms. The molecule has 0 spiro atoms. The van der Waals surface area contributed by atoms with Crippen LogP contribution in [0.5, 0.6) is 5.75 Å². The molecule has 1 aromatic rings. The molecule has 4 nitrogen and oxygen atoms in total. The second-order valence-electron chi connectivity index (χ2n) is 6.23. The first kappa shape index (κ1) is 13.4. The molecule has 1 aliphatic heterocycles. The van der Waals surface area contributed by atoms with Crippen molar-refractivity contribution in [1.82, 2.24) is 4.90 Å². The van der Waals surface area contributed by atoms with E-state index in [1.165, 1.54) is 12.8 Å². The van der Waals surface area contributed by atoms with Crippen LogP contribution in [0.2, 0.25) is 0 Å². The van der Waals surface area contributed by atoms with Crippen LogP contribution < -0.4 is 5.73 Å². The fraction of sp³-hybridized carbons (Fsp3) is 0.562. The van der Waals surface area contributed by atoms with Gasteiger partial charge in [0, 0.05) is 24.7 Å². The van der Waals surface area contributed by atoms with Crippen molar-refractivity contribution in [1.29, 1.82) is 0 Å². The second kappa shape index (κ2) is 5.09. The highest BCUT2D eigenvalue weighted by Gasteiger charge is 2.40. The van der Waals surface area contributed by atoms with Gasteiger partial charge in [-0.2, -0.15) is 0 Å². The SMILES string of the molecule is Cc1cc(C(=O)N2CC3CCCC(N)C3C2)ccc1O. The number of carbonyl (C=O) groups excluding carboxylic acids is 1. The maximum Gasteiger partial charge on any atom is 0.253 e. The number of fused-ring (bicyclic) bond motifs is 1. The lowest BCUT2D eigenvalue weighted by Crippen LogP contribution is -2.38. The summed E-state index contributed by atoms with van der Waals surface area (Å²) in [6.45, 7) is 3.42. The minimum absolute atomic E-state index is 0.0645. The molecule has 3 N–H and O–H groups in total. The number of nitrogens with two attached hydrogens (primary N) is 1. The first-order valence-electron chi connectivity index (χ1n) is 7.40. The summed E-state index contributed by atoms with van der Waals surface area (Å²) in [5.74, 6) is 1.33. The van der Waals surface area contributed by atoms with E-state index in [1.807, 2.05) is 11.8 Å². The highest BCUT2D eigenvalue weighted by Crippen LogP contribution is 2.36. The Hall–Kier alpha value is -1.55. The fourth-order valence-corrected chi connectivity index (χ4v) is 3.65. The van der Waals surface area contributed by atoms with Crippen LogP contribution in [0, 0.1) is 18.8 Å². The van der Waals surface area contributed by atoms with Gasteiger partial charge in [0.15, 0.2) is 0 Å². The van der Waals surface area contributed by atoms with Crippen LogP contribution >= 0.6 is 0 Å². The van der Waals surface area contributed by atoms with Crippen molar-refractivity contribution in [2.75, 3.05) is 13.1 Å². The zero-order chi connectivity index (χ0) is 14.3. The first-order valence-corrected chi connectivity index (χ1v) is 7.40. The molecule has 1 saturated heterocycles. The molecule has 1 aliphatic carbocycles. The van der Waals surface area contributed by atoms with Crippen LogP contribution in [-0.4, -0.2) is 35.0 Å². The summed E-state index contributed by atoms with van der Waals surface area (Å²) in [6, 6.07) is 5.30. The van der Waals surface area contributed by atoms with Gasteiger partial charge in [-0.3, -0.25) is 4.79 Å². The predicted octanol–water partition coefficient (Wildman–Crippen LogP) is 1.90. The Balaban J connectivity index is 1.76. The van der Waals surface area contributed by atoms with Crippen LogP contribution in [0.25, 0.3) is 0 Å². The lowest BCUT2D eigenvalue weighted by Gasteiger charge is -2.29. The van der Waals surface area contributed by atoms with Crippen molar-refractivity contribution in [2.24, 2.45) is 17.6 Å². The van der Waals surface area contributed by atoms with E-state index in [2.05, 4.69) is 0 Å². The Labute approximate surface area is 119 Å². The summed E-state index contributed by atoms with van der Waals surface area (Å²) < 4.78 is 0. The molecular weight excluding hydrogens is 252 g/mol. The molecule has 2 fully saturated rings. The van der Waals surface area contributed by atoms with Crippen molar-refractivity contribution < 1.29 is 9.90 Å². The Morgan fingerprint density at radius 2 is 2.15 bits per heavy atom. The number of benzene rings is 1. The van der Waals surface area contributed by atoms with E-state index in [1.54, 1.807) is 18.2 Å². The Morgan fingerprint density at radius 1 is 1.35 bits per heavy atom. The van der Waals surface area contributed by atoms with Gasteiger partial charge < -0.3 is 15.7 Å². The van der Waals surface area contributed by atoms with E-state index < -0.39 is 0 Å². The largest absolute Gasteiger partial charge is 0.508 e. The van der Waals surface area contributed by atoms with Crippen molar-refractivity contribution in [3.63, 3.8) is 0 Å². The number of phenols is 1. The third-order valence-electron chi connectivity index (χ3n) is 4.88. The summed E-state index contributed by atoms with van der Waals surface area (Å²) in [4.78, 5) is 14.5. The van der Waals surface area contributed by atoms with E-state index in [-0.39, 0.29) is 17.7 Å². The van der Waals surface area contributed by atoms with Crippen LogP contribution in [-0.2, 0) is 0 Å². The van der Waals surface area contributed by atoms with Gasteiger partial charge in [0.1, 0.15) is 5.75 Å². The van der Waals surface area contributed by atoms with Gasteiger partial charge in [-0.25, -0.2) is 0 Å². The maximum atomic E-state index is 12.6. The first-order chi connectivity index (χ1) is 9.56. The van der Waals surface area contributed by atoms with E-state index in [0.29, 0.717) is 17.4 Å². The van der Waals surface area contributed by atoms with Gasteiger partial charge in [-0.1, -0.05) is 6.42 Å². The number of nitrogens with zero attached hydrogens (tertiary/aromatic N) is 1. The quantitative estimate of drug-likeness (QED) is 0.822. The Kier molecular flexibility index (Phi) is 3.42. The lowest BCUT2D eigenvalue weighted by atomic mass is 9.78. The maximum absolute atomic E-state index is 12.6. The normalized spacial score (nSPS) is 29.3. The van der Waals surface area contributed by atoms with Crippen LogP contribution in [0.3, 0.4) is 0 Å². The topological polar surface area (TPSA) is 66.6 Å². The molecule has 4 heteroatoms. The summed E-state index contributed by atoms with van der Waals surface area (Å²) in [7, 11) is 0. The van der Waals surface area contributed by atoms with Gasteiger partial charge in [-0.05, 0) is 55.4 Å². The predicted molar refractivity (Wildman–Crippen MR) is 77.6 cm³/mol. The van der Waals surface area contributed by atoms with Crippen molar-refractivity contribution in [3.05, 3.63) is 29.3 Å². The highest BCUT2D eigenvalue weighted by molar-refractivity contribution is 5.94. The number of likely N-dealkylation sites (tertiary alicyclic amines) is 1. The Bertz CT molecular complexity index is 529. The monoisotopic (exact) mass is 274 g/mol. The molecule has 3 atom stereocenters. The lowest BCUT2D eigenvalue weighted by molar-refractivity contribution is 0.0783. The van der Waals surface area contributed by atoms with Gasteiger partial charge in [0.2, 0.25) is 0 Å². The average molecular weight is 274 g/mol. The van der Waals surface area contributed by atoms with Gasteiger partial charge in [0.25, 0.3) is 5.91 Å². The fourth-order valence-electron chi connectivity index (χ4n) is 3.65. The molecule has 3 unspecified atom stereocenters. The van der Waals surface area contributed by atoms with Crippen molar-refractivity contribution in [2.45, 2.75) is 32.2 Å². The third-order valence-corrected chi connectivity index (χ3v) is 4.88. The molecule has 1 heterocycles. The zero-order valence-electron chi connectivity index (χ0n) is 11.9. The number of rotatable bonds is 1. The molecule has 1 saturated carbocycles. The molecule has 3 rings (SSSR count). The molecule has 1 aromatic carbocycles. The van der Waals surface area contributed by atoms with E-state index in [0.717, 1.165) is 25.1 Å². The number of hydrogen-bond acceptors (Lipinski definition) is 3. The number of amides is 1. The van der Waals surface area contributed by atoms with Crippen molar-refractivity contribution in [3.8, 4) is 5.75 Å². The molecule has 0 bridgehead atoms. The second-order valence-corrected chi connectivity index (χ2v) is 6.23. The minimum atomic E-state index is 0.0645. The summed E-state index contributed by atoms with van der Waals surface area (Å²) in [5, 5.41) is 9.55. The highest BCUT2D eigenvalue weighted by atomic mass is 16.3. The molecule has 2 aliphatic rings. The summed E-state index contributed by atoms with van der Waals surface area (Å²) >= 11 is 0. The van der Waals surface area contributed by atoms with Gasteiger partial charge in [-0.15, -0.1) is 0 Å². The van der Waals surface area contributed by atoms with E-state index in [9.17, 15) is 9.90 Å². The molecular formula is C16H22N2O2. The summed E-state index contributed by atoms with van der Waals surface area (Å²) in [5.41, 5.74) is 7.59. The van der Waals surface area contributed by atoms with Gasteiger partial charge >= 0.3 is 0 Å². The average Bonchev–Trinajstić information content (AvgIpc) is 2.86. The summed E-state index contributed by atoms with van der Waals surface area (Å²) in [6.07, 6.45) is 3.46. The molecule has 0 aromatic heterocycles. The van der Waals surface area contributed by atoms with Gasteiger partial charge in [0.05, 0.1) is 0 Å². The number of aromatic hydroxyl groups is 1. The van der Waals surface area contributed by atoms with E-state index >= 15 is 0 Å². The number of hydrogen-bond donors (Lipinski definition) is 2. The molecule has 0 radical (unpaired) electrons. The minimum Gasteiger partial charge on any atom is -0.508 e. The van der Waals surface area contributed by atoms with Crippen molar-refractivity contribution >= 4 is 5.91 Å². The Morgan fingerprint density at radius 3 is 2.85 bits per heavy atom. The number of carbonyl (C=O) groups is 1. The number of phenolic OH excluding ortho intramolecular Hbond substituents is 1. The van der Waals surface area contributed by atoms with Crippen LogP contribution in [0.4, 0.5) is 0 Å². The smallest absolute Gasteiger partial charge is 0.253 e. The molecule has 1 amide bonds. The van der Waals surface area contributed by atoms with Crippen LogP contribution in [0.1, 0.15) is 35.2 Å².